The number of carbonyl (C=O) groups is 1. The molecule has 1 amide bonds. The zero-order valence-electron chi connectivity index (χ0n) is 11.6. The molecule has 0 saturated carbocycles. The van der Waals surface area contributed by atoms with Gasteiger partial charge in [0, 0.05) is 10.0 Å². The first-order valence-electron chi connectivity index (χ1n) is 6.19. The highest BCUT2D eigenvalue weighted by Crippen LogP contribution is 2.23. The first-order valence-corrected chi connectivity index (χ1v) is 6.98. The van der Waals surface area contributed by atoms with E-state index in [1.54, 1.807) is 13.0 Å². The van der Waals surface area contributed by atoms with Gasteiger partial charge in [-0.3, -0.25) is 4.79 Å². The van der Waals surface area contributed by atoms with Gasteiger partial charge in [0.15, 0.2) is 17.7 Å². The number of hydrogen-bond donors (Lipinski definition) is 1. The molecule has 5 heteroatoms. The second-order valence-corrected chi connectivity index (χ2v) is 5.98. The third kappa shape index (κ3) is 4.82. The molecule has 0 bridgehead atoms. The Labute approximate surface area is 121 Å². The van der Waals surface area contributed by atoms with E-state index in [1.807, 2.05) is 20.8 Å². The van der Waals surface area contributed by atoms with E-state index in [0.29, 0.717) is 4.47 Å². The lowest BCUT2D eigenvalue weighted by Gasteiger charge is -2.26. The molecule has 0 saturated heterocycles. The van der Waals surface area contributed by atoms with E-state index in [1.165, 1.54) is 12.1 Å². The highest BCUT2D eigenvalue weighted by atomic mass is 79.9. The molecule has 0 spiro atoms. The molecule has 0 radical (unpaired) electrons. The van der Waals surface area contributed by atoms with Gasteiger partial charge in [0.1, 0.15) is 0 Å². The van der Waals surface area contributed by atoms with Gasteiger partial charge in [-0.25, -0.2) is 4.39 Å². The summed E-state index contributed by atoms with van der Waals surface area (Å²) in [7, 11) is 0. The summed E-state index contributed by atoms with van der Waals surface area (Å²) in [5, 5.41) is 2.86. The third-order valence-electron chi connectivity index (χ3n) is 2.91. The molecule has 19 heavy (non-hydrogen) atoms. The second-order valence-electron chi connectivity index (χ2n) is 5.06. The van der Waals surface area contributed by atoms with Crippen molar-refractivity contribution in [1.29, 1.82) is 0 Å². The van der Waals surface area contributed by atoms with Gasteiger partial charge >= 0.3 is 0 Å². The Bertz CT molecular complexity index is 463. The van der Waals surface area contributed by atoms with E-state index in [0.717, 1.165) is 6.42 Å². The first-order chi connectivity index (χ1) is 8.75. The number of ether oxygens (including phenoxy) is 1. The Kier molecular flexibility index (Phi) is 5.35. The summed E-state index contributed by atoms with van der Waals surface area (Å²) in [5.41, 5.74) is -0.301. The monoisotopic (exact) mass is 331 g/mol. The number of nitrogens with one attached hydrogen (secondary N) is 1. The van der Waals surface area contributed by atoms with Gasteiger partial charge in [-0.2, -0.15) is 0 Å². The Morgan fingerprint density at radius 1 is 1.53 bits per heavy atom. The average molecular weight is 332 g/mol. The zero-order valence-corrected chi connectivity index (χ0v) is 13.2. The lowest BCUT2D eigenvalue weighted by Crippen LogP contribution is -2.48. The Morgan fingerprint density at radius 2 is 2.16 bits per heavy atom. The average Bonchev–Trinajstić information content (AvgIpc) is 2.33. The van der Waals surface area contributed by atoms with Crippen molar-refractivity contribution in [3.05, 3.63) is 28.5 Å². The van der Waals surface area contributed by atoms with Crippen molar-refractivity contribution in [2.24, 2.45) is 0 Å². The number of hydrogen-bond acceptors (Lipinski definition) is 2. The van der Waals surface area contributed by atoms with E-state index in [-0.39, 0.29) is 17.2 Å². The van der Waals surface area contributed by atoms with Gasteiger partial charge in [0.05, 0.1) is 0 Å². The van der Waals surface area contributed by atoms with Crippen molar-refractivity contribution >= 4 is 21.8 Å². The SMILES string of the molecule is CCC(C)(C)NC(=O)C(C)Oc1cc(Br)ccc1F. The van der Waals surface area contributed by atoms with Gasteiger partial charge in [0.25, 0.3) is 5.91 Å². The Hall–Kier alpha value is -1.10. The minimum absolute atomic E-state index is 0.0614. The quantitative estimate of drug-likeness (QED) is 0.894. The summed E-state index contributed by atoms with van der Waals surface area (Å²) < 4.78 is 19.6. The fourth-order valence-electron chi connectivity index (χ4n) is 1.34. The lowest BCUT2D eigenvalue weighted by atomic mass is 10.0. The summed E-state index contributed by atoms with van der Waals surface area (Å²) in [5.74, 6) is -0.685. The van der Waals surface area contributed by atoms with Crippen LogP contribution in [0.4, 0.5) is 4.39 Å². The van der Waals surface area contributed by atoms with Crippen LogP contribution in [0.5, 0.6) is 5.75 Å². The van der Waals surface area contributed by atoms with Crippen molar-refractivity contribution in [2.75, 3.05) is 0 Å². The molecule has 3 nitrogen and oxygen atoms in total. The molecule has 1 N–H and O–H groups in total. The van der Waals surface area contributed by atoms with Crippen molar-refractivity contribution in [2.45, 2.75) is 45.8 Å². The lowest BCUT2D eigenvalue weighted by molar-refractivity contribution is -0.129. The topological polar surface area (TPSA) is 38.3 Å². The van der Waals surface area contributed by atoms with Gasteiger partial charge in [-0.1, -0.05) is 22.9 Å². The molecule has 1 rings (SSSR count). The minimum Gasteiger partial charge on any atom is -0.478 e. The first kappa shape index (κ1) is 16.0. The van der Waals surface area contributed by atoms with E-state index < -0.39 is 11.9 Å². The van der Waals surface area contributed by atoms with Crippen LogP contribution in [-0.4, -0.2) is 17.6 Å². The standard InChI is InChI=1S/C14H19BrFNO2/c1-5-14(3,4)17-13(18)9(2)19-12-8-10(15)6-7-11(12)16/h6-9H,5H2,1-4H3,(H,17,18). The molecule has 106 valence electrons. The molecule has 0 fully saturated rings. The fourth-order valence-corrected chi connectivity index (χ4v) is 1.68. The van der Waals surface area contributed by atoms with Gasteiger partial charge in [0.2, 0.25) is 0 Å². The summed E-state index contributed by atoms with van der Waals surface area (Å²) in [6.45, 7) is 7.44. The Balaban J connectivity index is 2.71. The zero-order chi connectivity index (χ0) is 14.6. The minimum atomic E-state index is -0.755. The van der Waals surface area contributed by atoms with Crippen LogP contribution in [0.1, 0.15) is 34.1 Å². The maximum Gasteiger partial charge on any atom is 0.261 e. The van der Waals surface area contributed by atoms with Gasteiger partial charge in [-0.05, 0) is 45.4 Å². The maximum atomic E-state index is 13.5. The molecule has 0 aliphatic carbocycles. The van der Waals surface area contributed by atoms with E-state index in [4.69, 9.17) is 4.74 Å². The molecule has 0 heterocycles. The number of benzene rings is 1. The third-order valence-corrected chi connectivity index (χ3v) is 3.40. The van der Waals surface area contributed by atoms with Crippen LogP contribution in [0.3, 0.4) is 0 Å². The van der Waals surface area contributed by atoms with Crippen LogP contribution in [0.25, 0.3) is 0 Å². The smallest absolute Gasteiger partial charge is 0.261 e. The number of carbonyl (C=O) groups excluding carboxylic acids is 1. The van der Waals surface area contributed by atoms with Crippen molar-refractivity contribution in [3.63, 3.8) is 0 Å². The van der Waals surface area contributed by atoms with Gasteiger partial charge in [-0.15, -0.1) is 0 Å². The maximum absolute atomic E-state index is 13.5. The van der Waals surface area contributed by atoms with Gasteiger partial charge < -0.3 is 10.1 Å². The molecule has 0 aliphatic heterocycles. The summed E-state index contributed by atoms with van der Waals surface area (Å²) in [4.78, 5) is 11.9. The van der Waals surface area contributed by atoms with Crippen molar-refractivity contribution < 1.29 is 13.9 Å². The van der Waals surface area contributed by atoms with E-state index in [9.17, 15) is 9.18 Å². The van der Waals surface area contributed by atoms with Crippen molar-refractivity contribution in [1.82, 2.24) is 5.32 Å². The van der Waals surface area contributed by atoms with E-state index >= 15 is 0 Å². The molecule has 1 aromatic carbocycles. The predicted octanol–water partition coefficient (Wildman–Crippen LogP) is 3.66. The van der Waals surface area contributed by atoms with Crippen LogP contribution in [-0.2, 0) is 4.79 Å². The summed E-state index contributed by atoms with van der Waals surface area (Å²) in [6.07, 6.45) is 0.0473. The van der Waals surface area contributed by atoms with Crippen LogP contribution in [0.2, 0.25) is 0 Å². The molecule has 1 atom stereocenters. The Morgan fingerprint density at radius 3 is 2.74 bits per heavy atom. The molecular weight excluding hydrogens is 313 g/mol. The highest BCUT2D eigenvalue weighted by molar-refractivity contribution is 9.10. The predicted molar refractivity (Wildman–Crippen MR) is 76.7 cm³/mol. The van der Waals surface area contributed by atoms with Crippen molar-refractivity contribution in [3.8, 4) is 5.75 Å². The summed E-state index contributed by atoms with van der Waals surface area (Å²) in [6, 6.07) is 4.37. The van der Waals surface area contributed by atoms with Crippen LogP contribution in [0, 0.1) is 5.82 Å². The number of rotatable bonds is 5. The van der Waals surface area contributed by atoms with Crippen LogP contribution >= 0.6 is 15.9 Å². The number of halogens is 2. The fraction of sp³-hybridized carbons (Fsp3) is 0.500. The molecule has 1 unspecified atom stereocenters. The molecular formula is C14H19BrFNO2. The van der Waals surface area contributed by atoms with E-state index in [2.05, 4.69) is 21.2 Å². The summed E-state index contributed by atoms with van der Waals surface area (Å²) >= 11 is 3.24. The largest absolute Gasteiger partial charge is 0.478 e. The molecule has 1 aromatic rings. The van der Waals surface area contributed by atoms with Crippen LogP contribution < -0.4 is 10.1 Å². The second kappa shape index (κ2) is 6.37. The normalized spacial score (nSPS) is 12.9. The highest BCUT2D eigenvalue weighted by Gasteiger charge is 2.23. The molecule has 0 aliphatic rings. The molecule has 0 aromatic heterocycles. The number of amides is 1. The van der Waals surface area contributed by atoms with Crippen LogP contribution in [0.15, 0.2) is 22.7 Å².